The van der Waals surface area contributed by atoms with Crippen LogP contribution in [0.2, 0.25) is 0 Å². The van der Waals surface area contributed by atoms with Crippen LogP contribution in [0.1, 0.15) is 6.92 Å². The molecule has 1 aliphatic heterocycles. The van der Waals surface area contributed by atoms with Crippen LogP contribution in [-0.4, -0.2) is 31.6 Å². The summed E-state index contributed by atoms with van der Waals surface area (Å²) in [4.78, 5) is 27.1. The molecule has 8 heteroatoms. The number of carbonyl (C=O) groups is 1. The molecule has 0 atom stereocenters. The number of benzene rings is 2. The summed E-state index contributed by atoms with van der Waals surface area (Å²) >= 11 is 0. The van der Waals surface area contributed by atoms with Crippen molar-refractivity contribution < 1.29 is 28.5 Å². The topological polar surface area (TPSA) is 96.1 Å². The lowest BCUT2D eigenvalue weighted by molar-refractivity contribution is 0.121. The minimum atomic E-state index is -0.993. The lowest BCUT2D eigenvalue weighted by atomic mass is 9.99. The number of carbonyl (C=O) groups excluding carboxylic acids is 1. The van der Waals surface area contributed by atoms with Gasteiger partial charge in [-0.1, -0.05) is 6.07 Å². The molecule has 8 nitrogen and oxygen atoms in total. The van der Waals surface area contributed by atoms with Crippen LogP contribution in [-0.2, 0) is 4.74 Å². The number of pyridine rings is 1. The van der Waals surface area contributed by atoms with Crippen LogP contribution in [0.3, 0.4) is 0 Å². The smallest absolute Gasteiger partial charge is 0.494 e. The van der Waals surface area contributed by atoms with Gasteiger partial charge in [-0.25, -0.2) is 4.79 Å². The largest absolute Gasteiger partial charge is 0.513 e. The van der Waals surface area contributed by atoms with E-state index >= 15 is 0 Å². The van der Waals surface area contributed by atoms with E-state index in [1.807, 2.05) is 6.92 Å². The number of methoxy groups -OCH3 is 1. The van der Waals surface area contributed by atoms with Crippen LogP contribution >= 0.6 is 0 Å². The molecule has 2 aromatic carbocycles. The third-order valence-electron chi connectivity index (χ3n) is 4.27. The third-order valence-corrected chi connectivity index (χ3v) is 4.27. The molecule has 0 aliphatic carbocycles. The fourth-order valence-corrected chi connectivity index (χ4v) is 3.07. The van der Waals surface area contributed by atoms with Crippen LogP contribution in [0.15, 0.2) is 41.2 Å². The van der Waals surface area contributed by atoms with Crippen LogP contribution in [0.25, 0.3) is 22.0 Å². The summed E-state index contributed by atoms with van der Waals surface area (Å²) in [6.45, 7) is 2.48. The SMILES string of the molecule is CCOc1ccc2[nH]c(=O)c(OC(=O)OC)c(-c3ccc4c(c3)OCO4)c2c1. The van der Waals surface area contributed by atoms with Crippen molar-refractivity contribution in [3.8, 4) is 34.1 Å². The second-order valence-electron chi connectivity index (χ2n) is 5.92. The summed E-state index contributed by atoms with van der Waals surface area (Å²) in [7, 11) is 1.17. The first-order valence-electron chi connectivity index (χ1n) is 8.59. The highest BCUT2D eigenvalue weighted by molar-refractivity contribution is 5.99. The van der Waals surface area contributed by atoms with E-state index in [4.69, 9.17) is 18.9 Å². The average molecular weight is 383 g/mol. The van der Waals surface area contributed by atoms with Crippen molar-refractivity contribution in [1.29, 1.82) is 0 Å². The summed E-state index contributed by atoms with van der Waals surface area (Å²) in [6, 6.07) is 10.5. The van der Waals surface area contributed by atoms with E-state index in [-0.39, 0.29) is 12.5 Å². The lowest BCUT2D eigenvalue weighted by Gasteiger charge is -2.14. The molecule has 4 rings (SSSR count). The molecule has 1 aliphatic rings. The van der Waals surface area contributed by atoms with Crippen molar-refractivity contribution in [2.45, 2.75) is 6.92 Å². The Morgan fingerprint density at radius 3 is 2.75 bits per heavy atom. The molecule has 1 aromatic heterocycles. The quantitative estimate of drug-likeness (QED) is 0.689. The van der Waals surface area contributed by atoms with Gasteiger partial charge in [0.25, 0.3) is 5.56 Å². The second-order valence-corrected chi connectivity index (χ2v) is 5.92. The molecule has 0 fully saturated rings. The number of nitrogens with one attached hydrogen (secondary N) is 1. The van der Waals surface area contributed by atoms with Gasteiger partial charge in [0.2, 0.25) is 12.5 Å². The number of rotatable bonds is 4. The Morgan fingerprint density at radius 2 is 1.96 bits per heavy atom. The van der Waals surface area contributed by atoms with Crippen LogP contribution in [0, 0.1) is 0 Å². The molecule has 0 saturated carbocycles. The maximum Gasteiger partial charge on any atom is 0.513 e. The molecular formula is C20H17NO7. The summed E-state index contributed by atoms with van der Waals surface area (Å²) in [5.74, 6) is 1.58. The van der Waals surface area contributed by atoms with Crippen LogP contribution in [0.5, 0.6) is 23.0 Å². The van der Waals surface area contributed by atoms with E-state index in [1.165, 1.54) is 7.11 Å². The number of ether oxygens (including phenoxy) is 5. The standard InChI is InChI=1S/C20H17NO7/c1-3-25-12-5-6-14-13(9-12)17(18(19(22)21-14)28-20(23)24-2)11-4-7-15-16(8-11)27-10-26-15/h4-9H,3,10H2,1-2H3,(H,21,22). The Balaban J connectivity index is 2.00. The molecule has 0 saturated heterocycles. The van der Waals surface area contributed by atoms with Crippen LogP contribution in [0.4, 0.5) is 4.79 Å². The van der Waals surface area contributed by atoms with E-state index in [2.05, 4.69) is 9.72 Å². The zero-order valence-electron chi connectivity index (χ0n) is 15.2. The molecule has 28 heavy (non-hydrogen) atoms. The van der Waals surface area contributed by atoms with Gasteiger partial charge in [-0.3, -0.25) is 4.79 Å². The highest BCUT2D eigenvalue weighted by Crippen LogP contribution is 2.41. The van der Waals surface area contributed by atoms with Gasteiger partial charge in [0, 0.05) is 16.5 Å². The van der Waals surface area contributed by atoms with Gasteiger partial charge in [0.15, 0.2) is 11.5 Å². The summed E-state index contributed by atoms with van der Waals surface area (Å²) in [6.07, 6.45) is -0.993. The van der Waals surface area contributed by atoms with E-state index < -0.39 is 11.7 Å². The molecule has 0 unspecified atom stereocenters. The predicted octanol–water partition coefficient (Wildman–Crippen LogP) is 3.47. The molecule has 1 N–H and O–H groups in total. The number of fused-ring (bicyclic) bond motifs is 2. The second kappa shape index (κ2) is 7.15. The fourth-order valence-electron chi connectivity index (χ4n) is 3.07. The van der Waals surface area contributed by atoms with E-state index in [1.54, 1.807) is 36.4 Å². The van der Waals surface area contributed by atoms with Crippen molar-refractivity contribution in [1.82, 2.24) is 4.98 Å². The van der Waals surface area contributed by atoms with Gasteiger partial charge in [-0.2, -0.15) is 0 Å². The lowest BCUT2D eigenvalue weighted by Crippen LogP contribution is -2.17. The maximum absolute atomic E-state index is 12.6. The van der Waals surface area contributed by atoms with Crippen molar-refractivity contribution in [3.05, 3.63) is 46.8 Å². The summed E-state index contributed by atoms with van der Waals surface area (Å²) in [5, 5.41) is 0.642. The van der Waals surface area contributed by atoms with Crippen molar-refractivity contribution in [2.75, 3.05) is 20.5 Å². The minimum Gasteiger partial charge on any atom is -0.494 e. The highest BCUT2D eigenvalue weighted by atomic mass is 16.7. The van der Waals surface area contributed by atoms with E-state index in [9.17, 15) is 9.59 Å². The minimum absolute atomic E-state index is 0.120. The summed E-state index contributed by atoms with van der Waals surface area (Å²) in [5.41, 5.74) is 1.05. The number of aromatic nitrogens is 1. The Bertz CT molecular complexity index is 1120. The molecule has 144 valence electrons. The predicted molar refractivity (Wildman–Crippen MR) is 100 cm³/mol. The third kappa shape index (κ3) is 3.09. The van der Waals surface area contributed by atoms with Gasteiger partial charge < -0.3 is 28.7 Å². The van der Waals surface area contributed by atoms with Gasteiger partial charge in [-0.15, -0.1) is 0 Å². The molecule has 3 aromatic rings. The Kier molecular flexibility index (Phi) is 4.52. The number of aromatic amines is 1. The Labute approximate surface area is 159 Å². The Hall–Kier alpha value is -3.68. The zero-order valence-corrected chi connectivity index (χ0v) is 15.2. The monoisotopic (exact) mass is 383 g/mol. The zero-order chi connectivity index (χ0) is 19.7. The summed E-state index contributed by atoms with van der Waals surface area (Å²) < 4.78 is 26.1. The van der Waals surface area contributed by atoms with Gasteiger partial charge >= 0.3 is 6.16 Å². The molecule has 0 radical (unpaired) electrons. The number of H-pyrrole nitrogens is 1. The first kappa shape index (κ1) is 17.7. The molecule has 2 heterocycles. The average Bonchev–Trinajstić information content (AvgIpc) is 3.16. The first-order valence-corrected chi connectivity index (χ1v) is 8.59. The van der Waals surface area contributed by atoms with Crippen molar-refractivity contribution in [2.24, 2.45) is 0 Å². The van der Waals surface area contributed by atoms with Crippen molar-refractivity contribution in [3.63, 3.8) is 0 Å². The normalized spacial score (nSPS) is 12.1. The molecule has 0 amide bonds. The van der Waals surface area contributed by atoms with Gasteiger partial charge in [-0.05, 0) is 42.8 Å². The number of hydrogen-bond acceptors (Lipinski definition) is 7. The van der Waals surface area contributed by atoms with E-state index in [0.717, 1.165) is 0 Å². The molecule has 0 spiro atoms. The number of hydrogen-bond donors (Lipinski definition) is 1. The first-order chi connectivity index (χ1) is 13.6. The van der Waals surface area contributed by atoms with Crippen LogP contribution < -0.4 is 24.5 Å². The van der Waals surface area contributed by atoms with Gasteiger partial charge in [0.1, 0.15) is 5.75 Å². The maximum atomic E-state index is 12.6. The van der Waals surface area contributed by atoms with Gasteiger partial charge in [0.05, 0.1) is 13.7 Å². The fraction of sp³-hybridized carbons (Fsp3) is 0.200. The Morgan fingerprint density at radius 1 is 1.14 bits per heavy atom. The highest BCUT2D eigenvalue weighted by Gasteiger charge is 2.22. The molecule has 0 bridgehead atoms. The van der Waals surface area contributed by atoms with E-state index in [0.29, 0.717) is 45.9 Å². The molecular weight excluding hydrogens is 366 g/mol. The van der Waals surface area contributed by atoms with Crippen molar-refractivity contribution >= 4 is 17.1 Å².